The smallest absolute Gasteiger partial charge is 0.274 e. The zero-order valence-corrected chi connectivity index (χ0v) is 30.5. The Bertz CT molecular complexity index is 1890. The van der Waals surface area contributed by atoms with Crippen LogP contribution in [-0.4, -0.2) is 114 Å². The summed E-state index contributed by atoms with van der Waals surface area (Å²) in [6, 6.07) is 9.16. The van der Waals surface area contributed by atoms with Crippen molar-refractivity contribution in [1.29, 1.82) is 0 Å². The molecule has 1 fully saturated rings. The highest BCUT2D eigenvalue weighted by atomic mass is 35.5. The number of amides is 2. The number of piperidine rings is 1. The molecular formula is C38H45ClFN7O6. The van der Waals surface area contributed by atoms with E-state index in [1.165, 1.54) is 0 Å². The van der Waals surface area contributed by atoms with Gasteiger partial charge >= 0.3 is 0 Å². The Morgan fingerprint density at radius 1 is 0.962 bits per heavy atom. The first kappa shape index (κ1) is 38.3. The van der Waals surface area contributed by atoms with Crippen LogP contribution in [0.1, 0.15) is 47.6 Å². The second-order valence-electron chi connectivity index (χ2n) is 12.9. The van der Waals surface area contributed by atoms with Gasteiger partial charge in [-0.25, -0.2) is 4.98 Å². The van der Waals surface area contributed by atoms with Crippen LogP contribution in [0, 0.1) is 12.3 Å². The van der Waals surface area contributed by atoms with Crippen LogP contribution in [0.2, 0.25) is 5.02 Å². The second-order valence-corrected chi connectivity index (χ2v) is 13.4. The number of aromatic nitrogens is 5. The molecule has 0 radical (unpaired) electrons. The zero-order valence-electron chi connectivity index (χ0n) is 29.8. The van der Waals surface area contributed by atoms with Gasteiger partial charge in [0.05, 0.1) is 94.3 Å². The highest BCUT2D eigenvalue weighted by molar-refractivity contribution is 6.31. The normalized spacial score (nSPS) is 15.1. The Kier molecular flexibility index (Phi) is 13.4. The van der Waals surface area contributed by atoms with Crippen molar-refractivity contribution in [2.75, 3.05) is 77.5 Å². The third-order valence-corrected chi connectivity index (χ3v) is 9.88. The zero-order chi connectivity index (χ0) is 37.0. The molecule has 3 aromatic heterocycles. The molecule has 6 rings (SSSR count). The molecule has 0 saturated carbocycles. The van der Waals surface area contributed by atoms with Crippen LogP contribution in [0.4, 0.5) is 10.1 Å². The Labute approximate surface area is 313 Å². The lowest BCUT2D eigenvalue weighted by molar-refractivity contribution is -0.124. The number of carbonyl (C=O) groups excluding carboxylic acids is 2. The summed E-state index contributed by atoms with van der Waals surface area (Å²) in [7, 11) is 0. The third-order valence-electron chi connectivity index (χ3n) is 9.65. The number of terminal acetylenes is 1. The number of anilines is 1. The largest absolute Gasteiger partial charge is 0.377 e. The van der Waals surface area contributed by atoms with Crippen molar-refractivity contribution in [3.63, 3.8) is 0 Å². The van der Waals surface area contributed by atoms with Crippen LogP contribution in [0.15, 0.2) is 48.9 Å². The van der Waals surface area contributed by atoms with Crippen molar-refractivity contribution in [3.05, 3.63) is 71.0 Å². The summed E-state index contributed by atoms with van der Waals surface area (Å²) < 4.78 is 38.4. The van der Waals surface area contributed by atoms with E-state index < -0.39 is 12.1 Å². The third kappa shape index (κ3) is 9.05. The van der Waals surface area contributed by atoms with E-state index >= 15 is 0 Å². The van der Waals surface area contributed by atoms with Crippen LogP contribution in [0.25, 0.3) is 11.0 Å². The van der Waals surface area contributed by atoms with Crippen LogP contribution in [-0.2, 0) is 48.8 Å². The number of benzene rings is 1. The first-order chi connectivity index (χ1) is 25.9. The summed E-state index contributed by atoms with van der Waals surface area (Å²) in [4.78, 5) is 40.7. The molecule has 13 nitrogen and oxygen atoms in total. The van der Waals surface area contributed by atoms with Gasteiger partial charge in [0.1, 0.15) is 18.1 Å². The van der Waals surface area contributed by atoms with Gasteiger partial charge in [-0.15, -0.1) is 6.42 Å². The van der Waals surface area contributed by atoms with E-state index in [0.717, 1.165) is 22.3 Å². The molecule has 5 heterocycles. The van der Waals surface area contributed by atoms with E-state index in [1.54, 1.807) is 45.2 Å². The maximum absolute atomic E-state index is 14.4. The Morgan fingerprint density at radius 2 is 1.70 bits per heavy atom. The Morgan fingerprint density at radius 3 is 2.43 bits per heavy atom. The number of nitrogens with zero attached hydrogens (tertiary/aromatic N) is 7. The van der Waals surface area contributed by atoms with Crippen molar-refractivity contribution < 1.29 is 32.9 Å². The number of ether oxygens (including phenoxy) is 4. The summed E-state index contributed by atoms with van der Waals surface area (Å²) in [5.74, 6) is 2.90. The van der Waals surface area contributed by atoms with E-state index in [0.29, 0.717) is 115 Å². The summed E-state index contributed by atoms with van der Waals surface area (Å²) in [5, 5.41) is 5.06. The molecule has 2 amide bonds. The number of aryl methyl sites for hydroxylation is 1. The van der Waals surface area contributed by atoms with E-state index in [2.05, 4.69) is 20.6 Å². The average Bonchev–Trinajstić information content (AvgIpc) is 3.84. The number of halogens is 2. The molecule has 1 saturated heterocycles. The van der Waals surface area contributed by atoms with Crippen LogP contribution in [0.3, 0.4) is 0 Å². The van der Waals surface area contributed by atoms with Gasteiger partial charge in [-0.05, 0) is 61.6 Å². The van der Waals surface area contributed by atoms with E-state index in [-0.39, 0.29) is 25.0 Å². The van der Waals surface area contributed by atoms with Gasteiger partial charge in [-0.3, -0.25) is 23.6 Å². The van der Waals surface area contributed by atoms with Crippen molar-refractivity contribution in [3.8, 4) is 12.3 Å². The number of pyridine rings is 1. The molecule has 0 bridgehead atoms. The minimum absolute atomic E-state index is 0.0295. The summed E-state index contributed by atoms with van der Waals surface area (Å²) in [6.07, 6.45) is 12.3. The van der Waals surface area contributed by atoms with Crippen LogP contribution in [0.5, 0.6) is 0 Å². The molecule has 1 spiro atoms. The fourth-order valence-electron chi connectivity index (χ4n) is 6.96. The number of fused-ring (bicyclic) bond motifs is 3. The van der Waals surface area contributed by atoms with E-state index in [4.69, 9.17) is 42.0 Å². The molecule has 1 aromatic carbocycles. The topological polar surface area (TPSA) is 126 Å². The number of rotatable bonds is 20. The van der Waals surface area contributed by atoms with Gasteiger partial charge in [0, 0.05) is 37.1 Å². The molecule has 53 heavy (non-hydrogen) atoms. The number of carbonyl (C=O) groups is 2. The number of likely N-dealkylation sites (tertiary alicyclic amines) is 1. The van der Waals surface area contributed by atoms with Gasteiger partial charge in [0.15, 0.2) is 0 Å². The number of hydrogen-bond acceptors (Lipinski definition) is 9. The molecule has 282 valence electrons. The maximum atomic E-state index is 14.4. The first-order valence-corrected chi connectivity index (χ1v) is 18.4. The maximum Gasteiger partial charge on any atom is 0.274 e. The predicted octanol–water partition coefficient (Wildman–Crippen LogP) is 4.45. The van der Waals surface area contributed by atoms with Crippen molar-refractivity contribution >= 4 is 40.1 Å². The van der Waals surface area contributed by atoms with Crippen molar-refractivity contribution in [2.45, 2.75) is 50.7 Å². The minimum Gasteiger partial charge on any atom is -0.377 e. The Hall–Kier alpha value is -4.39. The highest BCUT2D eigenvalue weighted by Gasteiger charge is 2.53. The number of alkyl halides is 1. The molecule has 2 aliphatic rings. The van der Waals surface area contributed by atoms with E-state index in [1.807, 2.05) is 18.2 Å². The molecule has 0 aliphatic carbocycles. The molecular weight excluding hydrogens is 705 g/mol. The molecule has 4 aromatic rings. The summed E-state index contributed by atoms with van der Waals surface area (Å²) >= 11 is 6.28. The van der Waals surface area contributed by atoms with Crippen molar-refractivity contribution in [2.24, 2.45) is 0 Å². The highest BCUT2D eigenvalue weighted by Crippen LogP contribution is 2.48. The summed E-state index contributed by atoms with van der Waals surface area (Å²) in [6.45, 7) is 5.12. The van der Waals surface area contributed by atoms with Gasteiger partial charge in [0.2, 0.25) is 5.91 Å². The quantitative estimate of drug-likeness (QED) is 0.0952. The van der Waals surface area contributed by atoms with Gasteiger partial charge in [-0.1, -0.05) is 17.5 Å². The first-order valence-electron chi connectivity index (χ1n) is 18.0. The van der Waals surface area contributed by atoms with Crippen LogP contribution < -0.4 is 4.90 Å². The average molecular weight is 750 g/mol. The number of unbranched alkanes of at least 4 members (excludes halogenated alkanes) is 1. The standard InChI is InChI=1S/C38H45ClFN7O6/c1-2-18-50-20-22-52-24-25-53-23-21-51-19-17-45-14-8-31(43-45)36(48)44-15-9-38(10-16-44)30-7-12-41-27-34(30)47(37(38)49)28-35-42-32-26-29(39)5-6-33(32)46(35)13-4-3-11-40/h1,5-8,12,14,26-27H,3-4,9-11,13,15-25,28H2. The minimum atomic E-state index is -0.784. The molecule has 0 atom stereocenters. The molecule has 0 N–H and O–H groups in total. The lowest BCUT2D eigenvalue weighted by Crippen LogP contribution is -2.50. The SMILES string of the molecule is C#CCOCCOCCOCCOCCn1ccc(C(=O)N2CCC3(CC2)C(=O)N(Cc2nc4cc(Cl)ccc4n2CCCCF)c2cnccc23)n1. The lowest BCUT2D eigenvalue weighted by atomic mass is 9.74. The number of hydrogen-bond donors (Lipinski definition) is 0. The predicted molar refractivity (Wildman–Crippen MR) is 197 cm³/mol. The Balaban J connectivity index is 1.00. The molecule has 0 unspecified atom stereocenters. The van der Waals surface area contributed by atoms with Gasteiger partial charge in [0.25, 0.3) is 5.91 Å². The summed E-state index contributed by atoms with van der Waals surface area (Å²) in [5.41, 5.74) is 2.85. The fraction of sp³-hybridized carbons (Fsp3) is 0.500. The fourth-order valence-corrected chi connectivity index (χ4v) is 7.13. The monoisotopic (exact) mass is 749 g/mol. The lowest BCUT2D eigenvalue weighted by Gasteiger charge is -2.38. The van der Waals surface area contributed by atoms with E-state index in [9.17, 15) is 14.0 Å². The molecule has 2 aliphatic heterocycles. The second kappa shape index (κ2) is 18.6. The van der Waals surface area contributed by atoms with Gasteiger partial charge in [-0.2, -0.15) is 5.10 Å². The van der Waals surface area contributed by atoms with Gasteiger partial charge < -0.3 is 33.3 Å². The van der Waals surface area contributed by atoms with Crippen LogP contribution >= 0.6 is 11.6 Å². The van der Waals surface area contributed by atoms with Crippen molar-refractivity contribution in [1.82, 2.24) is 29.2 Å². The molecule has 15 heteroatoms. The number of imidazole rings is 1.